The van der Waals surface area contributed by atoms with Crippen molar-refractivity contribution in [3.63, 3.8) is 0 Å². The van der Waals surface area contributed by atoms with Crippen LogP contribution in [0.1, 0.15) is 53.9 Å². The van der Waals surface area contributed by atoms with Gasteiger partial charge in [-0.2, -0.15) is 0 Å². The Morgan fingerprint density at radius 3 is 2.24 bits per heavy atom. The monoisotopic (exact) mass is 296 g/mol. The van der Waals surface area contributed by atoms with Crippen molar-refractivity contribution in [1.82, 2.24) is 9.80 Å². The quantitative estimate of drug-likeness (QED) is 0.783. The van der Waals surface area contributed by atoms with Gasteiger partial charge in [-0.25, -0.2) is 4.79 Å². The minimum atomic E-state index is -0.408. The third kappa shape index (κ3) is 3.05. The highest BCUT2D eigenvalue weighted by Gasteiger charge is 2.57. The molecular weight excluding hydrogens is 264 g/mol. The van der Waals surface area contributed by atoms with Crippen LogP contribution in [0.15, 0.2) is 0 Å². The SMILES string of the molecule is CN(C)C(C)(C)C1CC[C@@]12CCN(C(=O)OC(C)(C)C)C2. The molecule has 1 heterocycles. The zero-order valence-corrected chi connectivity index (χ0v) is 14.8. The third-order valence-electron chi connectivity index (χ3n) is 5.71. The molecule has 0 N–H and O–H groups in total. The number of amides is 1. The van der Waals surface area contributed by atoms with Crippen LogP contribution < -0.4 is 0 Å². The smallest absolute Gasteiger partial charge is 0.410 e. The molecule has 122 valence electrons. The van der Waals surface area contributed by atoms with Crippen molar-refractivity contribution in [3.05, 3.63) is 0 Å². The fourth-order valence-electron chi connectivity index (χ4n) is 3.98. The van der Waals surface area contributed by atoms with Crippen molar-refractivity contribution >= 4 is 6.09 Å². The molecule has 2 atom stereocenters. The minimum absolute atomic E-state index is 0.146. The molecule has 0 aromatic rings. The highest BCUT2D eigenvalue weighted by Crippen LogP contribution is 2.57. The van der Waals surface area contributed by atoms with Gasteiger partial charge in [0.2, 0.25) is 0 Å². The van der Waals surface area contributed by atoms with E-state index >= 15 is 0 Å². The molecule has 4 heteroatoms. The summed E-state index contributed by atoms with van der Waals surface area (Å²) in [4.78, 5) is 16.5. The normalized spacial score (nSPS) is 29.9. The van der Waals surface area contributed by atoms with Crippen LogP contribution in [0.5, 0.6) is 0 Å². The maximum absolute atomic E-state index is 12.3. The Hall–Kier alpha value is -0.770. The first-order chi connectivity index (χ1) is 9.48. The summed E-state index contributed by atoms with van der Waals surface area (Å²) >= 11 is 0. The molecule has 1 saturated heterocycles. The van der Waals surface area contributed by atoms with Crippen LogP contribution in [-0.2, 0) is 4.74 Å². The van der Waals surface area contributed by atoms with Crippen LogP contribution in [-0.4, -0.2) is 54.2 Å². The fourth-order valence-corrected chi connectivity index (χ4v) is 3.98. The molecule has 1 aliphatic carbocycles. The summed E-state index contributed by atoms with van der Waals surface area (Å²) in [5, 5.41) is 0. The summed E-state index contributed by atoms with van der Waals surface area (Å²) in [6.45, 7) is 12.1. The Morgan fingerprint density at radius 1 is 1.19 bits per heavy atom. The molecule has 1 amide bonds. The number of ether oxygens (including phenoxy) is 1. The maximum atomic E-state index is 12.3. The lowest BCUT2D eigenvalue weighted by Crippen LogP contribution is -2.58. The van der Waals surface area contributed by atoms with E-state index < -0.39 is 5.60 Å². The topological polar surface area (TPSA) is 32.8 Å². The van der Waals surface area contributed by atoms with Gasteiger partial charge in [-0.1, -0.05) is 0 Å². The van der Waals surface area contributed by atoms with Crippen molar-refractivity contribution in [1.29, 1.82) is 0 Å². The molecule has 1 saturated carbocycles. The van der Waals surface area contributed by atoms with E-state index in [9.17, 15) is 4.79 Å². The van der Waals surface area contributed by atoms with E-state index in [1.807, 2.05) is 25.7 Å². The summed E-state index contributed by atoms with van der Waals surface area (Å²) in [5.74, 6) is 0.660. The molecule has 1 aliphatic heterocycles. The lowest BCUT2D eigenvalue weighted by molar-refractivity contribution is -0.0617. The van der Waals surface area contributed by atoms with Crippen molar-refractivity contribution in [2.45, 2.75) is 65.0 Å². The highest BCUT2D eigenvalue weighted by molar-refractivity contribution is 5.68. The summed E-state index contributed by atoms with van der Waals surface area (Å²) in [5.41, 5.74) is 0.0849. The molecule has 0 aromatic carbocycles. The summed E-state index contributed by atoms with van der Waals surface area (Å²) in [7, 11) is 4.32. The van der Waals surface area contributed by atoms with E-state index in [1.54, 1.807) is 0 Å². The van der Waals surface area contributed by atoms with Gasteiger partial charge in [0.25, 0.3) is 0 Å². The van der Waals surface area contributed by atoms with Gasteiger partial charge in [-0.15, -0.1) is 0 Å². The predicted octanol–water partition coefficient (Wildman–Crippen LogP) is 3.36. The van der Waals surface area contributed by atoms with Crippen molar-refractivity contribution in [3.8, 4) is 0 Å². The summed E-state index contributed by atoms with van der Waals surface area (Å²) in [6.07, 6.45) is 3.49. The van der Waals surface area contributed by atoms with Gasteiger partial charge in [0.15, 0.2) is 0 Å². The second-order valence-electron chi connectivity index (χ2n) is 8.65. The van der Waals surface area contributed by atoms with Crippen molar-refractivity contribution < 1.29 is 9.53 Å². The summed E-state index contributed by atoms with van der Waals surface area (Å²) in [6, 6.07) is 0. The predicted molar refractivity (Wildman–Crippen MR) is 85.3 cm³/mol. The Bertz CT molecular complexity index is 412. The Labute approximate surface area is 129 Å². The average Bonchev–Trinajstić information content (AvgIpc) is 2.71. The lowest BCUT2D eigenvalue weighted by Gasteiger charge is -2.56. The Kier molecular flexibility index (Phi) is 4.07. The summed E-state index contributed by atoms with van der Waals surface area (Å²) < 4.78 is 5.53. The van der Waals surface area contributed by atoms with Crippen LogP contribution in [0.4, 0.5) is 4.79 Å². The second kappa shape index (κ2) is 5.15. The standard InChI is InChI=1S/C17H32N2O2/c1-15(2,3)21-14(20)19-11-10-17(12-19)9-8-13(17)16(4,5)18(6)7/h13H,8-12H2,1-7H3/t13?,17-/m0/s1. The van der Waals surface area contributed by atoms with E-state index in [4.69, 9.17) is 4.74 Å². The van der Waals surface area contributed by atoms with E-state index in [0.29, 0.717) is 11.3 Å². The zero-order chi connectivity index (χ0) is 16.1. The molecule has 2 aliphatic rings. The fraction of sp³-hybridized carbons (Fsp3) is 0.941. The molecule has 1 unspecified atom stereocenters. The first-order valence-electron chi connectivity index (χ1n) is 8.13. The van der Waals surface area contributed by atoms with Gasteiger partial charge >= 0.3 is 6.09 Å². The minimum Gasteiger partial charge on any atom is -0.444 e. The van der Waals surface area contributed by atoms with Crippen molar-refractivity contribution in [2.24, 2.45) is 11.3 Å². The lowest BCUT2D eigenvalue weighted by atomic mass is 9.53. The van der Waals surface area contributed by atoms with Gasteiger partial charge < -0.3 is 14.5 Å². The molecule has 1 spiro atoms. The molecule has 2 fully saturated rings. The highest BCUT2D eigenvalue weighted by atomic mass is 16.6. The Morgan fingerprint density at radius 2 is 1.81 bits per heavy atom. The number of carbonyl (C=O) groups excluding carboxylic acids is 1. The van der Waals surface area contributed by atoms with Crippen LogP contribution >= 0.6 is 0 Å². The van der Waals surface area contributed by atoms with E-state index in [2.05, 4.69) is 32.8 Å². The number of nitrogens with zero attached hydrogens (tertiary/aromatic N) is 2. The number of hydrogen-bond donors (Lipinski definition) is 0. The van der Waals surface area contributed by atoms with E-state index in [0.717, 1.165) is 19.5 Å². The first kappa shape index (κ1) is 16.6. The van der Waals surface area contributed by atoms with Gasteiger partial charge in [-0.05, 0) is 79.3 Å². The molecule has 2 rings (SSSR count). The second-order valence-corrected chi connectivity index (χ2v) is 8.65. The van der Waals surface area contributed by atoms with Gasteiger partial charge in [0.05, 0.1) is 0 Å². The average molecular weight is 296 g/mol. The Balaban J connectivity index is 2.03. The van der Waals surface area contributed by atoms with Crippen LogP contribution in [0, 0.1) is 11.3 Å². The van der Waals surface area contributed by atoms with E-state index in [1.165, 1.54) is 12.8 Å². The zero-order valence-electron chi connectivity index (χ0n) is 14.8. The number of likely N-dealkylation sites (tertiary alicyclic amines) is 1. The van der Waals surface area contributed by atoms with Crippen LogP contribution in [0.2, 0.25) is 0 Å². The van der Waals surface area contributed by atoms with E-state index in [-0.39, 0.29) is 11.6 Å². The number of rotatable bonds is 2. The number of carbonyl (C=O) groups is 1. The van der Waals surface area contributed by atoms with Crippen molar-refractivity contribution in [2.75, 3.05) is 27.2 Å². The largest absolute Gasteiger partial charge is 0.444 e. The van der Waals surface area contributed by atoms with Gasteiger partial charge in [0.1, 0.15) is 5.60 Å². The van der Waals surface area contributed by atoms with Crippen LogP contribution in [0.25, 0.3) is 0 Å². The molecule has 21 heavy (non-hydrogen) atoms. The molecule has 0 aromatic heterocycles. The molecule has 4 nitrogen and oxygen atoms in total. The molecule has 0 radical (unpaired) electrons. The third-order valence-corrected chi connectivity index (χ3v) is 5.71. The maximum Gasteiger partial charge on any atom is 0.410 e. The van der Waals surface area contributed by atoms with Gasteiger partial charge in [0, 0.05) is 18.6 Å². The molecular formula is C17H32N2O2. The van der Waals surface area contributed by atoms with Crippen LogP contribution in [0.3, 0.4) is 0 Å². The number of hydrogen-bond acceptors (Lipinski definition) is 3. The first-order valence-corrected chi connectivity index (χ1v) is 8.13. The van der Waals surface area contributed by atoms with Gasteiger partial charge in [-0.3, -0.25) is 0 Å². The molecule has 0 bridgehead atoms.